The number of carbonyl (C=O) groups is 1. The molecule has 4 nitrogen and oxygen atoms in total. The van der Waals surface area contributed by atoms with Crippen molar-refractivity contribution in [3.05, 3.63) is 89.2 Å². The molecule has 2 atom stereocenters. The van der Waals surface area contributed by atoms with Crippen molar-refractivity contribution in [1.29, 1.82) is 0 Å². The minimum absolute atomic E-state index is 0.0917. The molecular formula is C23H25N3O. The van der Waals surface area contributed by atoms with Gasteiger partial charge in [0.2, 0.25) is 5.91 Å². The van der Waals surface area contributed by atoms with Crippen molar-refractivity contribution >= 4 is 5.91 Å². The van der Waals surface area contributed by atoms with E-state index in [0.717, 1.165) is 17.5 Å². The third-order valence-electron chi connectivity index (χ3n) is 5.54. The Morgan fingerprint density at radius 1 is 1.15 bits per heavy atom. The first-order valence-electron chi connectivity index (χ1n) is 9.57. The predicted molar refractivity (Wildman–Crippen MR) is 106 cm³/mol. The van der Waals surface area contributed by atoms with Crippen molar-refractivity contribution in [2.24, 2.45) is 7.05 Å². The summed E-state index contributed by atoms with van der Waals surface area (Å²) in [5.74, 6) is 0.291. The molecule has 0 radical (unpaired) electrons. The summed E-state index contributed by atoms with van der Waals surface area (Å²) in [6.07, 6.45) is 4.78. The summed E-state index contributed by atoms with van der Waals surface area (Å²) in [6.45, 7) is 3.46. The lowest BCUT2D eigenvalue weighted by Crippen LogP contribution is -2.41. The SMILES string of the molecule is CCC(C(=O)N1Cc2ccccc2C(c2cnn(C)c2)C1)c1ccccc1. The second-order valence-corrected chi connectivity index (χ2v) is 7.29. The molecular weight excluding hydrogens is 334 g/mol. The van der Waals surface area contributed by atoms with Gasteiger partial charge >= 0.3 is 0 Å². The maximum absolute atomic E-state index is 13.4. The van der Waals surface area contributed by atoms with Gasteiger partial charge in [-0.05, 0) is 28.7 Å². The van der Waals surface area contributed by atoms with Crippen LogP contribution < -0.4 is 0 Å². The van der Waals surface area contributed by atoms with Crippen molar-refractivity contribution in [3.63, 3.8) is 0 Å². The first-order valence-corrected chi connectivity index (χ1v) is 9.57. The molecule has 0 spiro atoms. The Hall–Kier alpha value is -2.88. The first-order chi connectivity index (χ1) is 13.2. The summed E-state index contributed by atoms with van der Waals surface area (Å²) in [7, 11) is 1.93. The van der Waals surface area contributed by atoms with Gasteiger partial charge in [0.1, 0.15) is 0 Å². The van der Waals surface area contributed by atoms with Gasteiger partial charge in [-0.25, -0.2) is 0 Å². The van der Waals surface area contributed by atoms with Gasteiger partial charge in [0.15, 0.2) is 0 Å². The van der Waals surface area contributed by atoms with E-state index in [4.69, 9.17) is 0 Å². The van der Waals surface area contributed by atoms with Crippen LogP contribution in [-0.4, -0.2) is 27.1 Å². The maximum Gasteiger partial charge on any atom is 0.230 e. The van der Waals surface area contributed by atoms with Gasteiger partial charge in [-0.15, -0.1) is 0 Å². The molecule has 4 heteroatoms. The normalized spacial score (nSPS) is 17.4. The van der Waals surface area contributed by atoms with Crippen LogP contribution in [0.25, 0.3) is 0 Å². The molecule has 0 saturated carbocycles. The van der Waals surface area contributed by atoms with Gasteiger partial charge < -0.3 is 4.90 Å². The van der Waals surface area contributed by atoms with E-state index in [1.807, 2.05) is 41.0 Å². The fourth-order valence-electron chi connectivity index (χ4n) is 4.14. The van der Waals surface area contributed by atoms with Gasteiger partial charge in [0.25, 0.3) is 0 Å². The molecule has 1 aliphatic rings. The fraction of sp³-hybridized carbons (Fsp3) is 0.304. The molecule has 0 N–H and O–H groups in total. The summed E-state index contributed by atoms with van der Waals surface area (Å²) in [4.78, 5) is 15.5. The summed E-state index contributed by atoms with van der Waals surface area (Å²) in [5.41, 5.74) is 4.80. The third-order valence-corrected chi connectivity index (χ3v) is 5.54. The van der Waals surface area contributed by atoms with Crippen LogP contribution in [0.2, 0.25) is 0 Å². The second kappa shape index (κ2) is 7.39. The van der Waals surface area contributed by atoms with Crippen molar-refractivity contribution in [1.82, 2.24) is 14.7 Å². The Morgan fingerprint density at radius 3 is 2.59 bits per heavy atom. The molecule has 2 unspecified atom stereocenters. The van der Waals surface area contributed by atoms with Gasteiger partial charge in [-0.1, -0.05) is 61.5 Å². The highest BCUT2D eigenvalue weighted by molar-refractivity contribution is 5.84. The summed E-state index contributed by atoms with van der Waals surface area (Å²) in [6, 6.07) is 18.6. The summed E-state index contributed by atoms with van der Waals surface area (Å²) >= 11 is 0. The molecule has 2 heterocycles. The number of hydrogen-bond donors (Lipinski definition) is 0. The van der Waals surface area contributed by atoms with Crippen molar-refractivity contribution < 1.29 is 4.79 Å². The van der Waals surface area contributed by atoms with Crippen LogP contribution in [0.1, 0.15) is 47.4 Å². The number of hydrogen-bond acceptors (Lipinski definition) is 2. The number of rotatable bonds is 4. The van der Waals surface area contributed by atoms with Gasteiger partial charge in [-0.3, -0.25) is 9.48 Å². The highest BCUT2D eigenvalue weighted by Crippen LogP contribution is 2.35. The molecule has 0 fully saturated rings. The lowest BCUT2D eigenvalue weighted by molar-refractivity contribution is -0.134. The zero-order chi connectivity index (χ0) is 18.8. The van der Waals surface area contributed by atoms with E-state index >= 15 is 0 Å². The van der Waals surface area contributed by atoms with Gasteiger partial charge in [0.05, 0.1) is 12.1 Å². The number of carbonyl (C=O) groups excluding carboxylic acids is 1. The zero-order valence-electron chi connectivity index (χ0n) is 15.9. The van der Waals surface area contributed by atoms with Crippen LogP contribution in [0, 0.1) is 0 Å². The number of benzene rings is 2. The van der Waals surface area contributed by atoms with E-state index < -0.39 is 0 Å². The average Bonchev–Trinajstić information content (AvgIpc) is 3.14. The molecule has 1 amide bonds. The Balaban J connectivity index is 1.67. The Morgan fingerprint density at radius 2 is 1.89 bits per heavy atom. The lowest BCUT2D eigenvalue weighted by atomic mass is 9.85. The number of nitrogens with zero attached hydrogens (tertiary/aromatic N) is 3. The van der Waals surface area contributed by atoms with Gasteiger partial charge in [-0.2, -0.15) is 5.10 Å². The predicted octanol–water partition coefficient (Wildman–Crippen LogP) is 4.09. The van der Waals surface area contributed by atoms with E-state index in [2.05, 4.69) is 54.6 Å². The van der Waals surface area contributed by atoms with Crippen LogP contribution in [-0.2, 0) is 18.4 Å². The van der Waals surface area contributed by atoms with Crippen LogP contribution in [0.3, 0.4) is 0 Å². The van der Waals surface area contributed by atoms with E-state index in [1.165, 1.54) is 11.1 Å². The quantitative estimate of drug-likeness (QED) is 0.704. The maximum atomic E-state index is 13.4. The molecule has 1 aliphatic heterocycles. The molecule has 3 aromatic rings. The fourth-order valence-corrected chi connectivity index (χ4v) is 4.14. The Bertz CT molecular complexity index is 932. The molecule has 138 valence electrons. The highest BCUT2D eigenvalue weighted by atomic mass is 16.2. The monoisotopic (exact) mass is 359 g/mol. The smallest absolute Gasteiger partial charge is 0.230 e. The molecule has 2 aromatic carbocycles. The Labute approximate surface area is 160 Å². The third kappa shape index (κ3) is 3.39. The van der Waals surface area contributed by atoms with Crippen LogP contribution >= 0.6 is 0 Å². The van der Waals surface area contributed by atoms with Crippen molar-refractivity contribution in [2.75, 3.05) is 6.54 Å². The standard InChI is InChI=1S/C23H25N3O/c1-3-20(17-9-5-4-6-10-17)23(27)26-15-18-11-7-8-12-21(18)22(16-26)19-13-24-25(2)14-19/h4-14,20,22H,3,15-16H2,1-2H3. The molecule has 27 heavy (non-hydrogen) atoms. The zero-order valence-corrected chi connectivity index (χ0v) is 15.9. The molecule has 0 saturated heterocycles. The summed E-state index contributed by atoms with van der Waals surface area (Å²) < 4.78 is 1.83. The minimum Gasteiger partial charge on any atom is -0.337 e. The van der Waals surface area contributed by atoms with Crippen molar-refractivity contribution in [3.8, 4) is 0 Å². The van der Waals surface area contributed by atoms with E-state index in [1.54, 1.807) is 0 Å². The van der Waals surface area contributed by atoms with Crippen molar-refractivity contribution in [2.45, 2.75) is 31.7 Å². The molecule has 4 rings (SSSR count). The average molecular weight is 359 g/mol. The van der Waals surface area contributed by atoms with E-state index in [9.17, 15) is 4.79 Å². The van der Waals surface area contributed by atoms with Crippen LogP contribution in [0.4, 0.5) is 0 Å². The molecule has 0 bridgehead atoms. The number of aryl methyl sites for hydroxylation is 1. The highest BCUT2D eigenvalue weighted by Gasteiger charge is 2.32. The largest absolute Gasteiger partial charge is 0.337 e. The second-order valence-electron chi connectivity index (χ2n) is 7.29. The Kier molecular flexibility index (Phi) is 4.80. The summed E-state index contributed by atoms with van der Waals surface area (Å²) in [5, 5.41) is 4.35. The van der Waals surface area contributed by atoms with E-state index in [0.29, 0.717) is 13.1 Å². The lowest BCUT2D eigenvalue weighted by Gasteiger charge is -2.36. The minimum atomic E-state index is -0.0917. The number of amides is 1. The first kappa shape index (κ1) is 17.5. The molecule has 1 aromatic heterocycles. The van der Waals surface area contributed by atoms with Crippen LogP contribution in [0.15, 0.2) is 67.0 Å². The number of fused-ring (bicyclic) bond motifs is 1. The van der Waals surface area contributed by atoms with Crippen LogP contribution in [0.5, 0.6) is 0 Å². The van der Waals surface area contributed by atoms with E-state index in [-0.39, 0.29) is 17.7 Å². The molecule has 0 aliphatic carbocycles. The topological polar surface area (TPSA) is 38.1 Å². The van der Waals surface area contributed by atoms with Gasteiger partial charge in [0, 0.05) is 32.3 Å². The number of aromatic nitrogens is 2.